The van der Waals surface area contributed by atoms with Crippen LogP contribution in [0, 0.1) is 11.8 Å². The van der Waals surface area contributed by atoms with E-state index in [9.17, 15) is 9.59 Å². The summed E-state index contributed by atoms with van der Waals surface area (Å²) in [5, 5.41) is 0. The van der Waals surface area contributed by atoms with E-state index < -0.39 is 0 Å². The predicted octanol–water partition coefficient (Wildman–Crippen LogP) is 3.81. The van der Waals surface area contributed by atoms with Crippen molar-refractivity contribution in [2.75, 3.05) is 7.11 Å². The molecule has 0 amide bonds. The molecule has 0 saturated heterocycles. The first-order chi connectivity index (χ1) is 11.7. The van der Waals surface area contributed by atoms with Crippen LogP contribution in [-0.4, -0.2) is 18.9 Å². The molecule has 0 saturated carbocycles. The number of esters is 1. The normalized spacial score (nSPS) is 9.71. The summed E-state index contributed by atoms with van der Waals surface area (Å²) in [6, 6.07) is 17.6. The van der Waals surface area contributed by atoms with Gasteiger partial charge < -0.3 is 4.74 Å². The fraction of sp³-hybridized carbons (Fsp3) is 0.238. The van der Waals surface area contributed by atoms with Gasteiger partial charge in [0.05, 0.1) is 7.11 Å². The second kappa shape index (κ2) is 9.32. The highest BCUT2D eigenvalue weighted by molar-refractivity contribution is 6.10. The zero-order valence-electron chi connectivity index (χ0n) is 13.7. The molecule has 0 aromatic heterocycles. The number of unbranched alkanes of at least 4 members (excludes halogenated alkanes) is 1. The summed E-state index contributed by atoms with van der Waals surface area (Å²) >= 11 is 0. The minimum Gasteiger partial charge on any atom is -0.469 e. The Hall–Kier alpha value is -2.86. The van der Waals surface area contributed by atoms with E-state index in [1.807, 2.05) is 54.6 Å². The van der Waals surface area contributed by atoms with Crippen molar-refractivity contribution in [1.82, 2.24) is 0 Å². The van der Waals surface area contributed by atoms with E-state index in [2.05, 4.69) is 16.6 Å². The van der Waals surface area contributed by atoms with Crippen molar-refractivity contribution in [2.24, 2.45) is 0 Å². The summed E-state index contributed by atoms with van der Waals surface area (Å²) in [7, 11) is 1.36. The monoisotopic (exact) mass is 320 g/mol. The number of methoxy groups -OCH3 is 1. The molecule has 0 bridgehead atoms. The molecule has 0 fully saturated rings. The number of benzene rings is 2. The first kappa shape index (κ1) is 17.5. The summed E-state index contributed by atoms with van der Waals surface area (Å²) in [6.45, 7) is 0. The van der Waals surface area contributed by atoms with E-state index >= 15 is 0 Å². The maximum Gasteiger partial charge on any atom is 0.305 e. The molecular formula is C21H20O3. The van der Waals surface area contributed by atoms with Crippen molar-refractivity contribution in [3.05, 3.63) is 71.3 Å². The minimum atomic E-state index is -0.253. The first-order valence-electron chi connectivity index (χ1n) is 7.92. The molecule has 0 heterocycles. The van der Waals surface area contributed by atoms with Crippen LogP contribution in [0.1, 0.15) is 40.7 Å². The summed E-state index contributed by atoms with van der Waals surface area (Å²) < 4.78 is 4.57. The summed E-state index contributed by atoms with van der Waals surface area (Å²) in [6.07, 6.45) is 2.12. The highest BCUT2D eigenvalue weighted by Crippen LogP contribution is 2.15. The molecule has 0 atom stereocenters. The van der Waals surface area contributed by atoms with Gasteiger partial charge in [0.1, 0.15) is 0 Å². The van der Waals surface area contributed by atoms with Crippen molar-refractivity contribution < 1.29 is 14.3 Å². The summed E-state index contributed by atoms with van der Waals surface area (Å²) in [5.74, 6) is 5.09. The average Bonchev–Trinajstić information content (AvgIpc) is 2.62. The Morgan fingerprint density at radius 1 is 1.00 bits per heavy atom. The zero-order chi connectivity index (χ0) is 17.2. The number of hydrogen-bond donors (Lipinski definition) is 0. The zero-order valence-corrected chi connectivity index (χ0v) is 13.7. The molecule has 0 radical (unpaired) electrons. The third kappa shape index (κ3) is 5.40. The van der Waals surface area contributed by atoms with Crippen molar-refractivity contribution >= 4 is 11.8 Å². The Kier molecular flexibility index (Phi) is 6.79. The summed E-state index contributed by atoms with van der Waals surface area (Å²) in [5.41, 5.74) is 2.77. The lowest BCUT2D eigenvalue weighted by Crippen LogP contribution is -2.02. The predicted molar refractivity (Wildman–Crippen MR) is 93.7 cm³/mol. The molecule has 0 aliphatic rings. The van der Waals surface area contributed by atoms with E-state index in [1.54, 1.807) is 0 Å². The highest BCUT2D eigenvalue weighted by atomic mass is 16.5. The van der Waals surface area contributed by atoms with Gasteiger partial charge in [-0.15, -0.1) is 0 Å². The third-order valence-corrected chi connectivity index (χ3v) is 3.61. The van der Waals surface area contributed by atoms with Crippen LogP contribution in [0.3, 0.4) is 0 Å². The quantitative estimate of drug-likeness (QED) is 0.267. The molecule has 2 aromatic carbocycles. The second-order valence-electron chi connectivity index (χ2n) is 5.38. The fourth-order valence-corrected chi connectivity index (χ4v) is 2.35. The lowest BCUT2D eigenvalue weighted by atomic mass is 9.97. The molecule has 0 unspecified atom stereocenters. The summed E-state index contributed by atoms with van der Waals surface area (Å²) in [4.78, 5) is 23.4. The number of hydrogen-bond acceptors (Lipinski definition) is 3. The average molecular weight is 320 g/mol. The van der Waals surface area contributed by atoms with Crippen LogP contribution < -0.4 is 0 Å². The van der Waals surface area contributed by atoms with Crippen LogP contribution in [0.2, 0.25) is 0 Å². The van der Waals surface area contributed by atoms with Gasteiger partial charge in [-0.2, -0.15) is 0 Å². The van der Waals surface area contributed by atoms with Crippen LogP contribution >= 0.6 is 0 Å². The van der Waals surface area contributed by atoms with Gasteiger partial charge in [-0.05, 0) is 29.9 Å². The Labute approximate surface area is 142 Å². The molecule has 0 spiro atoms. The molecular weight excluding hydrogens is 300 g/mol. The number of carbonyl (C=O) groups excluding carboxylic acids is 2. The number of rotatable bonds is 6. The van der Waals surface area contributed by atoms with E-state index in [4.69, 9.17) is 0 Å². The van der Waals surface area contributed by atoms with E-state index in [0.717, 1.165) is 11.1 Å². The number of ketones is 1. The van der Waals surface area contributed by atoms with Crippen LogP contribution in [0.15, 0.2) is 54.6 Å². The van der Waals surface area contributed by atoms with E-state index in [0.29, 0.717) is 31.2 Å². The molecule has 3 heteroatoms. The van der Waals surface area contributed by atoms with Crippen LogP contribution in [0.25, 0.3) is 0 Å². The third-order valence-electron chi connectivity index (χ3n) is 3.61. The van der Waals surface area contributed by atoms with E-state index in [1.165, 1.54) is 7.11 Å². The molecule has 0 N–H and O–H groups in total. The molecule has 3 nitrogen and oxygen atoms in total. The Morgan fingerprint density at radius 3 is 2.46 bits per heavy atom. The Bertz CT molecular complexity index is 751. The maximum atomic E-state index is 12.3. The Morgan fingerprint density at radius 2 is 1.71 bits per heavy atom. The maximum absolute atomic E-state index is 12.3. The molecule has 2 rings (SSSR count). The van der Waals surface area contributed by atoms with Gasteiger partial charge in [0, 0.05) is 18.4 Å². The fourth-order valence-electron chi connectivity index (χ4n) is 2.35. The topological polar surface area (TPSA) is 43.4 Å². The lowest BCUT2D eigenvalue weighted by molar-refractivity contribution is -0.140. The van der Waals surface area contributed by atoms with Gasteiger partial charge in [0.2, 0.25) is 5.78 Å². The van der Waals surface area contributed by atoms with Crippen molar-refractivity contribution in [1.29, 1.82) is 0 Å². The van der Waals surface area contributed by atoms with Gasteiger partial charge in [0.15, 0.2) is 0 Å². The first-order valence-corrected chi connectivity index (χ1v) is 7.92. The molecule has 122 valence electrons. The number of Topliss-reactive ketones (excluding diaryl/α,β-unsaturated/α-hetero) is 1. The Balaban J connectivity index is 2.01. The van der Waals surface area contributed by atoms with Gasteiger partial charge in [-0.25, -0.2) is 0 Å². The second-order valence-corrected chi connectivity index (χ2v) is 5.38. The van der Waals surface area contributed by atoms with Crippen molar-refractivity contribution in [2.45, 2.75) is 25.7 Å². The molecule has 2 aromatic rings. The highest BCUT2D eigenvalue weighted by Gasteiger charge is 2.09. The molecule has 0 aliphatic heterocycles. The largest absolute Gasteiger partial charge is 0.469 e. The van der Waals surface area contributed by atoms with Gasteiger partial charge in [-0.3, -0.25) is 9.59 Å². The van der Waals surface area contributed by atoms with Crippen LogP contribution in [0.4, 0.5) is 0 Å². The minimum absolute atomic E-state index is 0.181. The van der Waals surface area contributed by atoms with Crippen LogP contribution in [-0.2, 0) is 16.0 Å². The van der Waals surface area contributed by atoms with Crippen LogP contribution in [0.5, 0.6) is 0 Å². The van der Waals surface area contributed by atoms with Crippen molar-refractivity contribution in [3.63, 3.8) is 0 Å². The smallest absolute Gasteiger partial charge is 0.305 e. The van der Waals surface area contributed by atoms with E-state index in [-0.39, 0.29) is 11.8 Å². The van der Waals surface area contributed by atoms with Gasteiger partial charge >= 0.3 is 5.97 Å². The van der Waals surface area contributed by atoms with Gasteiger partial charge in [0.25, 0.3) is 0 Å². The standard InChI is InChI=1S/C21H20O3/c1-24-21(23)15-7-3-6-14-20(22)19-13-9-8-12-18(19)16-17-10-4-2-5-11-17/h2,4-5,8-13H,3,7,15-16H2,1H3. The van der Waals surface area contributed by atoms with Crippen molar-refractivity contribution in [3.8, 4) is 11.8 Å². The SMILES string of the molecule is COC(=O)CCCC#CC(=O)c1ccccc1Cc1ccccc1. The number of ether oxygens (including phenoxy) is 1. The van der Waals surface area contributed by atoms with Gasteiger partial charge in [-0.1, -0.05) is 60.5 Å². The molecule has 24 heavy (non-hydrogen) atoms. The lowest BCUT2D eigenvalue weighted by Gasteiger charge is -2.06. The number of carbonyl (C=O) groups is 2. The molecule has 0 aliphatic carbocycles.